The van der Waals surface area contributed by atoms with E-state index in [0.29, 0.717) is 11.8 Å². The summed E-state index contributed by atoms with van der Waals surface area (Å²) >= 11 is 12.6. The van der Waals surface area contributed by atoms with Crippen molar-refractivity contribution >= 4 is 23.2 Å². The van der Waals surface area contributed by atoms with E-state index in [-0.39, 0.29) is 5.41 Å². The van der Waals surface area contributed by atoms with Crippen LogP contribution < -0.4 is 0 Å². The van der Waals surface area contributed by atoms with E-state index in [1.54, 1.807) is 0 Å². The van der Waals surface area contributed by atoms with E-state index in [0.717, 1.165) is 12.3 Å². The normalized spacial score (nSPS) is 16.9. The minimum absolute atomic E-state index is 0.0764. The van der Waals surface area contributed by atoms with Gasteiger partial charge in [0.05, 0.1) is 0 Å². The molecule has 0 radical (unpaired) electrons. The van der Waals surface area contributed by atoms with E-state index in [1.807, 2.05) is 0 Å². The SMILES string of the molecule is ClCC(CCl)(CCC1CCCC1)Cc1ccccc1. The highest BCUT2D eigenvalue weighted by Gasteiger charge is 2.30. The Bertz CT molecular complexity index is 351. The molecular weight excluding hydrogens is 275 g/mol. The molecule has 19 heavy (non-hydrogen) atoms. The first kappa shape index (κ1) is 15.2. The zero-order valence-electron chi connectivity index (χ0n) is 11.6. The molecule has 0 N–H and O–H groups in total. The van der Waals surface area contributed by atoms with Crippen LogP contribution in [0.2, 0.25) is 0 Å². The van der Waals surface area contributed by atoms with Crippen LogP contribution in [-0.4, -0.2) is 11.8 Å². The highest BCUT2D eigenvalue weighted by atomic mass is 35.5. The van der Waals surface area contributed by atoms with Crippen LogP contribution >= 0.6 is 23.2 Å². The third-order valence-electron chi connectivity index (χ3n) is 4.55. The van der Waals surface area contributed by atoms with Gasteiger partial charge < -0.3 is 0 Å². The fraction of sp³-hybridized carbons (Fsp3) is 0.647. The molecule has 0 atom stereocenters. The Balaban J connectivity index is 1.95. The molecular formula is C17H24Cl2. The Labute approximate surface area is 127 Å². The summed E-state index contributed by atoms with van der Waals surface area (Å²) in [5.41, 5.74) is 1.43. The molecule has 1 aliphatic carbocycles. The van der Waals surface area contributed by atoms with Crippen LogP contribution in [0.3, 0.4) is 0 Å². The van der Waals surface area contributed by atoms with Crippen LogP contribution in [0.25, 0.3) is 0 Å². The van der Waals surface area contributed by atoms with Crippen LogP contribution in [0, 0.1) is 11.3 Å². The Kier molecular flexibility index (Phi) is 6.04. The maximum atomic E-state index is 6.28. The lowest BCUT2D eigenvalue weighted by Crippen LogP contribution is -2.28. The number of halogens is 2. The number of rotatable bonds is 7. The first-order valence-electron chi connectivity index (χ1n) is 7.44. The number of hydrogen-bond donors (Lipinski definition) is 0. The fourth-order valence-electron chi connectivity index (χ4n) is 3.19. The second kappa shape index (κ2) is 7.55. The molecule has 0 amide bonds. The van der Waals surface area contributed by atoms with Crippen LogP contribution in [-0.2, 0) is 6.42 Å². The largest absolute Gasteiger partial charge is 0.126 e. The highest BCUT2D eigenvalue weighted by Crippen LogP contribution is 2.37. The summed E-state index contributed by atoms with van der Waals surface area (Å²) in [6.45, 7) is 0. The number of alkyl halides is 2. The van der Waals surface area contributed by atoms with E-state index >= 15 is 0 Å². The van der Waals surface area contributed by atoms with Gasteiger partial charge in [-0.05, 0) is 30.7 Å². The molecule has 0 aliphatic heterocycles. The molecule has 1 aromatic carbocycles. The summed E-state index contributed by atoms with van der Waals surface area (Å²) in [5.74, 6) is 2.25. The van der Waals surface area contributed by atoms with Gasteiger partial charge in [-0.2, -0.15) is 0 Å². The zero-order valence-corrected chi connectivity index (χ0v) is 13.1. The Hall–Kier alpha value is -0.200. The molecule has 2 rings (SSSR count). The fourth-order valence-corrected chi connectivity index (χ4v) is 3.93. The van der Waals surface area contributed by atoms with Gasteiger partial charge in [0, 0.05) is 17.2 Å². The first-order valence-corrected chi connectivity index (χ1v) is 8.51. The lowest BCUT2D eigenvalue weighted by Gasteiger charge is -2.31. The molecule has 1 fully saturated rings. The average molecular weight is 299 g/mol. The molecule has 0 saturated heterocycles. The van der Waals surface area contributed by atoms with Gasteiger partial charge in [0.25, 0.3) is 0 Å². The second-order valence-corrected chi connectivity index (χ2v) is 6.65. The summed E-state index contributed by atoms with van der Waals surface area (Å²) in [7, 11) is 0. The molecule has 0 unspecified atom stereocenters. The Morgan fingerprint density at radius 1 is 1.00 bits per heavy atom. The third kappa shape index (κ3) is 4.39. The maximum Gasteiger partial charge on any atom is 0.0294 e. The van der Waals surface area contributed by atoms with E-state index in [4.69, 9.17) is 23.2 Å². The summed E-state index contributed by atoms with van der Waals surface area (Å²) in [6, 6.07) is 10.6. The van der Waals surface area contributed by atoms with Crippen LogP contribution in [0.5, 0.6) is 0 Å². The minimum atomic E-state index is 0.0764. The van der Waals surface area contributed by atoms with Gasteiger partial charge in [-0.15, -0.1) is 23.2 Å². The van der Waals surface area contributed by atoms with Gasteiger partial charge in [-0.1, -0.05) is 56.0 Å². The van der Waals surface area contributed by atoms with Crippen molar-refractivity contribution in [2.75, 3.05) is 11.8 Å². The van der Waals surface area contributed by atoms with Crippen molar-refractivity contribution in [2.45, 2.75) is 44.9 Å². The average Bonchev–Trinajstić information content (AvgIpc) is 2.98. The van der Waals surface area contributed by atoms with Gasteiger partial charge in [0.2, 0.25) is 0 Å². The van der Waals surface area contributed by atoms with Gasteiger partial charge in [0.1, 0.15) is 0 Å². The molecule has 1 aliphatic rings. The van der Waals surface area contributed by atoms with Crippen molar-refractivity contribution in [2.24, 2.45) is 11.3 Å². The van der Waals surface area contributed by atoms with Crippen LogP contribution in [0.4, 0.5) is 0 Å². The van der Waals surface area contributed by atoms with Crippen molar-refractivity contribution in [1.82, 2.24) is 0 Å². The zero-order chi connectivity index (χ0) is 13.6. The van der Waals surface area contributed by atoms with Gasteiger partial charge in [-0.25, -0.2) is 0 Å². The van der Waals surface area contributed by atoms with E-state index in [2.05, 4.69) is 30.3 Å². The lowest BCUT2D eigenvalue weighted by molar-refractivity contribution is 0.301. The third-order valence-corrected chi connectivity index (χ3v) is 5.68. The summed E-state index contributed by atoms with van der Waals surface area (Å²) < 4.78 is 0. The Morgan fingerprint density at radius 3 is 2.21 bits per heavy atom. The van der Waals surface area contributed by atoms with Gasteiger partial charge >= 0.3 is 0 Å². The van der Waals surface area contributed by atoms with E-state index in [9.17, 15) is 0 Å². The molecule has 0 bridgehead atoms. The molecule has 0 spiro atoms. The molecule has 0 aromatic heterocycles. The van der Waals surface area contributed by atoms with Gasteiger partial charge in [-0.3, -0.25) is 0 Å². The molecule has 0 nitrogen and oxygen atoms in total. The quantitative estimate of drug-likeness (QED) is 0.570. The molecule has 1 saturated carbocycles. The van der Waals surface area contributed by atoms with E-state index in [1.165, 1.54) is 44.1 Å². The van der Waals surface area contributed by atoms with Crippen molar-refractivity contribution in [3.8, 4) is 0 Å². The molecule has 0 heterocycles. The first-order chi connectivity index (χ1) is 9.28. The minimum Gasteiger partial charge on any atom is -0.126 e. The monoisotopic (exact) mass is 298 g/mol. The predicted octanol–water partition coefficient (Wildman–Crippen LogP) is 5.66. The standard InChI is InChI=1S/C17H24Cl2/c18-13-17(14-19,11-10-15-6-4-5-7-15)12-16-8-2-1-3-9-16/h1-3,8-9,15H,4-7,10-14H2. The van der Waals surface area contributed by atoms with Crippen molar-refractivity contribution in [1.29, 1.82) is 0 Å². The molecule has 106 valence electrons. The van der Waals surface area contributed by atoms with Crippen molar-refractivity contribution in [3.05, 3.63) is 35.9 Å². The second-order valence-electron chi connectivity index (χ2n) is 6.12. The lowest BCUT2D eigenvalue weighted by atomic mass is 9.79. The number of hydrogen-bond acceptors (Lipinski definition) is 0. The molecule has 2 heteroatoms. The van der Waals surface area contributed by atoms with Crippen molar-refractivity contribution in [3.63, 3.8) is 0 Å². The smallest absolute Gasteiger partial charge is 0.0294 e. The highest BCUT2D eigenvalue weighted by molar-refractivity contribution is 6.21. The maximum absolute atomic E-state index is 6.28. The van der Waals surface area contributed by atoms with Crippen molar-refractivity contribution < 1.29 is 0 Å². The summed E-state index contributed by atoms with van der Waals surface area (Å²) in [5, 5.41) is 0. The van der Waals surface area contributed by atoms with Gasteiger partial charge in [0.15, 0.2) is 0 Å². The summed E-state index contributed by atoms with van der Waals surface area (Å²) in [6.07, 6.45) is 9.12. The van der Waals surface area contributed by atoms with Crippen LogP contribution in [0.15, 0.2) is 30.3 Å². The Morgan fingerprint density at radius 2 is 1.63 bits per heavy atom. The number of benzene rings is 1. The predicted molar refractivity (Wildman–Crippen MR) is 85.2 cm³/mol. The van der Waals surface area contributed by atoms with E-state index < -0.39 is 0 Å². The van der Waals surface area contributed by atoms with Crippen LogP contribution in [0.1, 0.15) is 44.1 Å². The molecule has 1 aromatic rings. The topological polar surface area (TPSA) is 0 Å². The summed E-state index contributed by atoms with van der Waals surface area (Å²) in [4.78, 5) is 0.